The van der Waals surface area contributed by atoms with Crippen molar-refractivity contribution in [2.24, 2.45) is 0 Å². The fourth-order valence-corrected chi connectivity index (χ4v) is 3.20. The molecule has 21 heavy (non-hydrogen) atoms. The first-order chi connectivity index (χ1) is 9.88. The quantitative estimate of drug-likeness (QED) is 0.821. The zero-order chi connectivity index (χ0) is 15.5. The summed E-state index contributed by atoms with van der Waals surface area (Å²) >= 11 is 5.77. The van der Waals surface area contributed by atoms with Gasteiger partial charge in [-0.15, -0.1) is 0 Å². The van der Waals surface area contributed by atoms with Crippen molar-refractivity contribution in [1.82, 2.24) is 4.98 Å². The van der Waals surface area contributed by atoms with Gasteiger partial charge < -0.3 is 5.11 Å². The zero-order valence-electron chi connectivity index (χ0n) is 10.7. The van der Waals surface area contributed by atoms with E-state index in [1.807, 2.05) is 0 Å². The van der Waals surface area contributed by atoms with Crippen LogP contribution in [0.15, 0.2) is 47.5 Å². The second-order valence-electron chi connectivity index (χ2n) is 4.17. The van der Waals surface area contributed by atoms with Crippen molar-refractivity contribution in [3.8, 4) is 0 Å². The predicted molar refractivity (Wildman–Crippen MR) is 77.8 cm³/mol. The summed E-state index contributed by atoms with van der Waals surface area (Å²) in [6, 6.07) is 8.94. The summed E-state index contributed by atoms with van der Waals surface area (Å²) in [5, 5.41) is 8.61. The number of nitrogens with one attached hydrogen (secondary N) is 1. The maximum absolute atomic E-state index is 12.2. The normalized spacial score (nSPS) is 11.1. The molecule has 0 bridgehead atoms. The Labute approximate surface area is 126 Å². The molecule has 0 fully saturated rings. The van der Waals surface area contributed by atoms with E-state index in [1.54, 1.807) is 12.1 Å². The van der Waals surface area contributed by atoms with E-state index >= 15 is 0 Å². The Morgan fingerprint density at radius 3 is 2.71 bits per heavy atom. The lowest BCUT2D eigenvalue weighted by Gasteiger charge is -2.09. The molecule has 1 aromatic heterocycles. The second kappa shape index (κ2) is 6.11. The number of rotatable bonds is 5. The van der Waals surface area contributed by atoms with Gasteiger partial charge in [0.1, 0.15) is 10.0 Å². The monoisotopic (exact) mass is 326 g/mol. The van der Waals surface area contributed by atoms with Crippen LogP contribution in [0.2, 0.25) is 5.15 Å². The number of carboxylic acids is 1. The topological polar surface area (TPSA) is 96.4 Å². The summed E-state index contributed by atoms with van der Waals surface area (Å²) in [5.41, 5.74) is 0.744. The molecule has 0 aliphatic rings. The first-order valence-electron chi connectivity index (χ1n) is 5.82. The number of pyridine rings is 1. The van der Waals surface area contributed by atoms with E-state index in [0.29, 0.717) is 5.56 Å². The number of nitrogens with zero attached hydrogens (tertiary/aromatic N) is 1. The van der Waals surface area contributed by atoms with Gasteiger partial charge in [-0.1, -0.05) is 23.7 Å². The van der Waals surface area contributed by atoms with Crippen molar-refractivity contribution >= 4 is 33.3 Å². The molecule has 0 aliphatic carbocycles. The van der Waals surface area contributed by atoms with Gasteiger partial charge in [-0.05, 0) is 29.8 Å². The highest BCUT2D eigenvalue weighted by atomic mass is 35.5. The Morgan fingerprint density at radius 2 is 2.05 bits per heavy atom. The van der Waals surface area contributed by atoms with Crippen molar-refractivity contribution in [1.29, 1.82) is 0 Å². The molecule has 0 aliphatic heterocycles. The fraction of sp³-hybridized carbons (Fsp3) is 0.0769. The summed E-state index contributed by atoms with van der Waals surface area (Å²) in [6.45, 7) is 0. The summed E-state index contributed by atoms with van der Waals surface area (Å²) in [5.74, 6) is -0.995. The maximum atomic E-state index is 12.2. The Hall–Kier alpha value is -2.12. The second-order valence-corrected chi connectivity index (χ2v) is 6.18. The number of aromatic nitrogens is 1. The SMILES string of the molecule is O=C(O)Cc1cccc(NS(=O)(=O)c2cccnc2Cl)c1. The van der Waals surface area contributed by atoms with E-state index in [2.05, 4.69) is 9.71 Å². The number of carboxylic acid groups (broad SMARTS) is 1. The lowest BCUT2D eigenvalue weighted by Crippen LogP contribution is -2.14. The first-order valence-corrected chi connectivity index (χ1v) is 7.69. The maximum Gasteiger partial charge on any atom is 0.307 e. The average molecular weight is 327 g/mol. The molecule has 1 heterocycles. The molecule has 0 unspecified atom stereocenters. The van der Waals surface area contributed by atoms with Crippen molar-refractivity contribution in [3.05, 3.63) is 53.3 Å². The Bertz CT molecular complexity index is 777. The largest absolute Gasteiger partial charge is 0.481 e. The van der Waals surface area contributed by atoms with Gasteiger partial charge >= 0.3 is 5.97 Å². The van der Waals surface area contributed by atoms with Crippen molar-refractivity contribution in [2.75, 3.05) is 4.72 Å². The van der Waals surface area contributed by atoms with Crippen LogP contribution >= 0.6 is 11.6 Å². The molecule has 6 nitrogen and oxygen atoms in total. The number of benzene rings is 1. The number of hydrogen-bond donors (Lipinski definition) is 2. The summed E-state index contributed by atoms with van der Waals surface area (Å²) < 4.78 is 26.8. The molecule has 2 aromatic rings. The Morgan fingerprint density at radius 1 is 1.29 bits per heavy atom. The first kappa shape index (κ1) is 15.3. The van der Waals surface area contributed by atoms with Crippen LogP contribution in [-0.2, 0) is 21.2 Å². The predicted octanol–water partition coefficient (Wildman–Crippen LogP) is 2.16. The van der Waals surface area contributed by atoms with Gasteiger partial charge in [0.2, 0.25) is 0 Å². The number of sulfonamides is 1. The van der Waals surface area contributed by atoms with Crippen LogP contribution < -0.4 is 4.72 Å². The highest BCUT2D eigenvalue weighted by Gasteiger charge is 2.18. The third-order valence-corrected chi connectivity index (χ3v) is 4.38. The molecule has 8 heteroatoms. The Balaban J connectivity index is 2.29. The van der Waals surface area contributed by atoms with Gasteiger partial charge in [0, 0.05) is 11.9 Å². The third kappa shape index (κ3) is 3.93. The molecule has 0 spiro atoms. The molecule has 1 aromatic carbocycles. The van der Waals surface area contributed by atoms with Gasteiger partial charge in [0.05, 0.1) is 6.42 Å². The molecular weight excluding hydrogens is 316 g/mol. The lowest BCUT2D eigenvalue weighted by atomic mass is 10.1. The highest BCUT2D eigenvalue weighted by molar-refractivity contribution is 7.92. The lowest BCUT2D eigenvalue weighted by molar-refractivity contribution is -0.136. The molecule has 110 valence electrons. The highest BCUT2D eigenvalue weighted by Crippen LogP contribution is 2.22. The van der Waals surface area contributed by atoms with Gasteiger partial charge in [0.25, 0.3) is 10.0 Å². The molecule has 0 saturated carbocycles. The minimum absolute atomic E-state index is 0.133. The average Bonchev–Trinajstić information content (AvgIpc) is 2.38. The van der Waals surface area contributed by atoms with Gasteiger partial charge in [-0.25, -0.2) is 13.4 Å². The third-order valence-electron chi connectivity index (χ3n) is 2.55. The summed E-state index contributed by atoms with van der Waals surface area (Å²) in [6.07, 6.45) is 1.19. The van der Waals surface area contributed by atoms with Crippen molar-refractivity contribution < 1.29 is 18.3 Å². The van der Waals surface area contributed by atoms with Gasteiger partial charge in [0.15, 0.2) is 0 Å². The smallest absolute Gasteiger partial charge is 0.307 e. The van der Waals surface area contributed by atoms with E-state index in [1.165, 1.54) is 30.5 Å². The van der Waals surface area contributed by atoms with Crippen LogP contribution in [0.1, 0.15) is 5.56 Å². The number of hydrogen-bond acceptors (Lipinski definition) is 4. The zero-order valence-corrected chi connectivity index (χ0v) is 12.2. The Kier molecular flexibility index (Phi) is 4.44. The number of carbonyl (C=O) groups is 1. The van der Waals surface area contributed by atoms with E-state index in [4.69, 9.17) is 16.7 Å². The molecule has 0 atom stereocenters. The standard InChI is InChI=1S/C13H11ClN2O4S/c14-13-11(5-2-6-15-13)21(19,20)16-10-4-1-3-9(7-10)8-12(17)18/h1-7,16H,8H2,(H,17,18). The summed E-state index contributed by atoms with van der Waals surface area (Å²) in [4.78, 5) is 14.2. The molecule has 2 rings (SSSR count). The fourth-order valence-electron chi connectivity index (χ4n) is 1.70. The molecule has 0 radical (unpaired) electrons. The molecular formula is C13H11ClN2O4S. The summed E-state index contributed by atoms with van der Waals surface area (Å²) in [7, 11) is -3.88. The van der Waals surface area contributed by atoms with Crippen LogP contribution in [0.4, 0.5) is 5.69 Å². The van der Waals surface area contributed by atoms with Crippen LogP contribution in [0.5, 0.6) is 0 Å². The van der Waals surface area contributed by atoms with Crippen LogP contribution in [0.3, 0.4) is 0 Å². The molecule has 0 saturated heterocycles. The molecule has 0 amide bonds. The number of anilines is 1. The van der Waals surface area contributed by atoms with Crippen molar-refractivity contribution in [3.63, 3.8) is 0 Å². The minimum atomic E-state index is -3.88. The van der Waals surface area contributed by atoms with Gasteiger partial charge in [-0.3, -0.25) is 9.52 Å². The van der Waals surface area contributed by atoms with E-state index < -0.39 is 16.0 Å². The van der Waals surface area contributed by atoms with Crippen molar-refractivity contribution in [2.45, 2.75) is 11.3 Å². The van der Waals surface area contributed by atoms with E-state index in [-0.39, 0.29) is 22.2 Å². The van der Waals surface area contributed by atoms with E-state index in [9.17, 15) is 13.2 Å². The van der Waals surface area contributed by atoms with Crippen LogP contribution in [0.25, 0.3) is 0 Å². The van der Waals surface area contributed by atoms with Gasteiger partial charge in [-0.2, -0.15) is 0 Å². The van der Waals surface area contributed by atoms with Crippen LogP contribution in [-0.4, -0.2) is 24.5 Å². The number of aliphatic carboxylic acids is 1. The van der Waals surface area contributed by atoms with Crippen LogP contribution in [0, 0.1) is 0 Å². The van der Waals surface area contributed by atoms with E-state index in [0.717, 1.165) is 0 Å². The number of halogens is 1. The minimum Gasteiger partial charge on any atom is -0.481 e. The molecule has 2 N–H and O–H groups in total.